The molecule has 0 bridgehead atoms. The van der Waals surface area contributed by atoms with E-state index in [9.17, 15) is 4.79 Å². The van der Waals surface area contributed by atoms with Gasteiger partial charge >= 0.3 is 0 Å². The number of anilines is 1. The third kappa shape index (κ3) is 3.69. The fraction of sp³-hybridized carbons (Fsp3) is 0.222. The average Bonchev–Trinajstić information content (AvgIpc) is 3.15. The zero-order valence-corrected chi connectivity index (χ0v) is 16.1. The Morgan fingerprint density at radius 1 is 1.19 bits per heavy atom. The van der Waals surface area contributed by atoms with Crippen molar-refractivity contribution in [3.63, 3.8) is 0 Å². The Balaban J connectivity index is 1.31. The van der Waals surface area contributed by atoms with Crippen molar-refractivity contribution < 1.29 is 4.79 Å². The van der Waals surface area contributed by atoms with Crippen LogP contribution in [0.25, 0.3) is 5.82 Å². The molecule has 0 radical (unpaired) electrons. The standard InChI is InChI=1S/C18H17IN6O/c19-15-4-2-13(3-5-15)9-20-18(26)14-10-24(11-14)16-8-17(22-12-21-16)25-7-1-6-23-25/h1-8,12,14H,9-11H2,(H,20,26). The highest BCUT2D eigenvalue weighted by molar-refractivity contribution is 14.1. The van der Waals surface area contributed by atoms with Crippen molar-refractivity contribution in [3.05, 3.63) is 64.3 Å². The lowest BCUT2D eigenvalue weighted by Crippen LogP contribution is -2.54. The summed E-state index contributed by atoms with van der Waals surface area (Å²) < 4.78 is 2.88. The quantitative estimate of drug-likeness (QED) is 0.590. The largest absolute Gasteiger partial charge is 0.355 e. The summed E-state index contributed by atoms with van der Waals surface area (Å²) in [6.07, 6.45) is 5.07. The van der Waals surface area contributed by atoms with Gasteiger partial charge in [0.15, 0.2) is 5.82 Å². The minimum absolute atomic E-state index is 0.0121. The van der Waals surface area contributed by atoms with Crippen LogP contribution in [0.15, 0.2) is 55.1 Å². The van der Waals surface area contributed by atoms with Crippen molar-refractivity contribution in [3.8, 4) is 5.82 Å². The first-order valence-corrected chi connectivity index (χ1v) is 9.36. The van der Waals surface area contributed by atoms with Crippen molar-refractivity contribution in [2.24, 2.45) is 5.92 Å². The van der Waals surface area contributed by atoms with Gasteiger partial charge in [-0.05, 0) is 46.4 Å². The Morgan fingerprint density at radius 3 is 2.69 bits per heavy atom. The summed E-state index contributed by atoms with van der Waals surface area (Å²) in [4.78, 5) is 22.9. The van der Waals surface area contributed by atoms with E-state index in [0.717, 1.165) is 11.4 Å². The summed E-state index contributed by atoms with van der Waals surface area (Å²) >= 11 is 2.27. The molecule has 1 fully saturated rings. The number of hydrogen-bond acceptors (Lipinski definition) is 5. The monoisotopic (exact) mass is 460 g/mol. The summed E-state index contributed by atoms with van der Waals surface area (Å²) in [6.45, 7) is 1.88. The smallest absolute Gasteiger partial charge is 0.226 e. The maximum Gasteiger partial charge on any atom is 0.226 e. The molecule has 0 unspecified atom stereocenters. The van der Waals surface area contributed by atoms with Crippen molar-refractivity contribution in [2.75, 3.05) is 18.0 Å². The maximum atomic E-state index is 12.3. The highest BCUT2D eigenvalue weighted by atomic mass is 127. The van der Waals surface area contributed by atoms with Crippen molar-refractivity contribution in [1.29, 1.82) is 0 Å². The minimum atomic E-state index is -0.0121. The van der Waals surface area contributed by atoms with Crippen LogP contribution in [0, 0.1) is 9.49 Å². The van der Waals surface area contributed by atoms with Crippen LogP contribution in [-0.2, 0) is 11.3 Å². The zero-order valence-electron chi connectivity index (χ0n) is 13.9. The number of hydrogen-bond donors (Lipinski definition) is 1. The van der Waals surface area contributed by atoms with Gasteiger partial charge in [-0.1, -0.05) is 12.1 Å². The summed E-state index contributed by atoms with van der Waals surface area (Å²) in [7, 11) is 0. The van der Waals surface area contributed by atoms with Crippen molar-refractivity contribution in [2.45, 2.75) is 6.54 Å². The molecule has 0 spiro atoms. The van der Waals surface area contributed by atoms with Crippen molar-refractivity contribution >= 4 is 34.3 Å². The lowest BCUT2D eigenvalue weighted by atomic mass is 9.99. The van der Waals surface area contributed by atoms with Crippen LogP contribution < -0.4 is 10.2 Å². The molecule has 26 heavy (non-hydrogen) atoms. The molecule has 132 valence electrons. The van der Waals surface area contributed by atoms with Crippen LogP contribution in [0.1, 0.15) is 5.56 Å². The zero-order chi connectivity index (χ0) is 17.9. The molecular weight excluding hydrogens is 443 g/mol. The van der Waals surface area contributed by atoms with E-state index in [1.54, 1.807) is 10.9 Å². The molecule has 8 heteroatoms. The molecule has 1 aliphatic rings. The van der Waals surface area contributed by atoms with Gasteiger partial charge < -0.3 is 10.2 Å². The van der Waals surface area contributed by atoms with Gasteiger partial charge in [0.1, 0.15) is 12.1 Å². The molecule has 1 aliphatic heterocycles. The Bertz CT molecular complexity index is 890. The normalized spacial score (nSPS) is 14.1. The molecule has 0 saturated carbocycles. The Morgan fingerprint density at radius 2 is 1.96 bits per heavy atom. The summed E-state index contributed by atoms with van der Waals surface area (Å²) in [5.41, 5.74) is 1.11. The highest BCUT2D eigenvalue weighted by Gasteiger charge is 2.33. The molecule has 3 aromatic rings. The van der Waals surface area contributed by atoms with Crippen LogP contribution in [-0.4, -0.2) is 38.7 Å². The van der Waals surface area contributed by atoms with Gasteiger partial charge in [-0.2, -0.15) is 5.10 Å². The molecule has 4 rings (SSSR count). The van der Waals surface area contributed by atoms with Gasteiger partial charge in [0.25, 0.3) is 0 Å². The van der Waals surface area contributed by atoms with Gasteiger partial charge in [0, 0.05) is 41.7 Å². The molecular formula is C18H17IN6O. The van der Waals surface area contributed by atoms with Crippen LogP contribution in [0.3, 0.4) is 0 Å². The van der Waals surface area contributed by atoms with E-state index in [1.807, 2.05) is 42.6 Å². The first kappa shape index (κ1) is 17.0. The Labute approximate surface area is 164 Å². The van der Waals surface area contributed by atoms with Crippen molar-refractivity contribution in [1.82, 2.24) is 25.1 Å². The molecule has 1 aromatic carbocycles. The van der Waals surface area contributed by atoms with E-state index in [1.165, 1.54) is 9.90 Å². The molecule has 7 nitrogen and oxygen atoms in total. The fourth-order valence-corrected chi connectivity index (χ4v) is 3.17. The van der Waals surface area contributed by atoms with Gasteiger partial charge in [0.05, 0.1) is 5.92 Å². The van der Waals surface area contributed by atoms with Crippen LogP contribution in [0.2, 0.25) is 0 Å². The number of rotatable bonds is 5. The van der Waals surface area contributed by atoms with Gasteiger partial charge in [-0.25, -0.2) is 14.6 Å². The van der Waals surface area contributed by atoms with Gasteiger partial charge in [0.2, 0.25) is 5.91 Å². The first-order valence-electron chi connectivity index (χ1n) is 8.28. The lowest BCUT2D eigenvalue weighted by molar-refractivity contribution is -0.125. The second-order valence-electron chi connectivity index (χ2n) is 6.13. The van der Waals surface area contributed by atoms with Crippen LogP contribution >= 0.6 is 22.6 Å². The first-order chi connectivity index (χ1) is 12.7. The van der Waals surface area contributed by atoms with Gasteiger partial charge in [-0.3, -0.25) is 4.79 Å². The molecule has 1 saturated heterocycles. The molecule has 0 atom stereocenters. The number of amides is 1. The highest BCUT2D eigenvalue weighted by Crippen LogP contribution is 2.23. The molecule has 0 aliphatic carbocycles. The molecule has 1 amide bonds. The predicted molar refractivity (Wildman–Crippen MR) is 106 cm³/mol. The SMILES string of the molecule is O=C(NCc1ccc(I)cc1)C1CN(c2cc(-n3cccn3)ncn2)C1. The maximum absolute atomic E-state index is 12.3. The number of aromatic nitrogens is 4. The van der Waals surface area contributed by atoms with Gasteiger partial charge in [-0.15, -0.1) is 0 Å². The van der Waals surface area contributed by atoms with E-state index in [0.29, 0.717) is 25.5 Å². The number of benzene rings is 1. The van der Waals surface area contributed by atoms with E-state index in [4.69, 9.17) is 0 Å². The molecule has 3 heterocycles. The topological polar surface area (TPSA) is 75.9 Å². The molecule has 2 aromatic heterocycles. The number of carbonyl (C=O) groups is 1. The van der Waals surface area contributed by atoms with E-state index < -0.39 is 0 Å². The summed E-state index contributed by atoms with van der Waals surface area (Å²) in [5.74, 6) is 1.60. The third-order valence-corrected chi connectivity index (χ3v) is 5.05. The Hall–Kier alpha value is -2.49. The van der Waals surface area contributed by atoms with E-state index in [-0.39, 0.29) is 11.8 Å². The second-order valence-corrected chi connectivity index (χ2v) is 7.38. The predicted octanol–water partition coefficient (Wildman–Crippen LogP) is 2.02. The number of carbonyl (C=O) groups excluding carboxylic acids is 1. The fourth-order valence-electron chi connectivity index (χ4n) is 2.81. The van der Waals surface area contributed by atoms with E-state index >= 15 is 0 Å². The molecule has 1 N–H and O–H groups in total. The lowest BCUT2D eigenvalue weighted by Gasteiger charge is -2.39. The Kier molecular flexibility index (Phi) is 4.83. The van der Waals surface area contributed by atoms with Crippen LogP contribution in [0.5, 0.6) is 0 Å². The summed E-state index contributed by atoms with van der Waals surface area (Å²) in [5, 5.41) is 7.19. The average molecular weight is 460 g/mol. The van der Waals surface area contributed by atoms with Crippen LogP contribution in [0.4, 0.5) is 5.82 Å². The van der Waals surface area contributed by atoms with E-state index in [2.05, 4.69) is 47.9 Å². The number of nitrogens with zero attached hydrogens (tertiary/aromatic N) is 5. The third-order valence-electron chi connectivity index (χ3n) is 4.33. The summed E-state index contributed by atoms with van der Waals surface area (Å²) in [6, 6.07) is 11.9. The number of halogens is 1. The second kappa shape index (κ2) is 7.40. The minimum Gasteiger partial charge on any atom is -0.355 e. The number of nitrogens with one attached hydrogen (secondary N) is 1.